The molecule has 21 heavy (non-hydrogen) atoms. The van der Waals surface area contributed by atoms with E-state index in [0.29, 0.717) is 17.1 Å². The van der Waals surface area contributed by atoms with E-state index in [1.807, 2.05) is 20.8 Å². The molecule has 1 saturated heterocycles. The molecule has 6 nitrogen and oxygen atoms in total. The molecule has 0 aliphatic carbocycles. The Balaban J connectivity index is 1.98. The van der Waals surface area contributed by atoms with Gasteiger partial charge in [0.25, 0.3) is 5.91 Å². The van der Waals surface area contributed by atoms with Crippen LogP contribution in [0.4, 0.5) is 0 Å². The maximum atomic E-state index is 12.2. The van der Waals surface area contributed by atoms with E-state index in [9.17, 15) is 14.7 Å². The standard InChI is InChI=1S/C15H15NO5/c1-15(2,3)11-10(14(18)19)16-12(17)9(13(16)21-11)7-8-5-4-6-20-8/h4-7,13H,1-3H3,(H,18,19)/b9-7+. The molecular weight excluding hydrogens is 274 g/mol. The maximum absolute atomic E-state index is 12.2. The Kier molecular flexibility index (Phi) is 2.73. The minimum Gasteiger partial charge on any atom is -0.476 e. The van der Waals surface area contributed by atoms with Crippen LogP contribution in [0.5, 0.6) is 0 Å². The molecule has 0 radical (unpaired) electrons. The van der Waals surface area contributed by atoms with Crippen molar-refractivity contribution in [2.24, 2.45) is 5.41 Å². The van der Waals surface area contributed by atoms with E-state index in [-0.39, 0.29) is 11.6 Å². The molecule has 1 aromatic rings. The number of carboxylic acid groups (broad SMARTS) is 1. The lowest BCUT2D eigenvalue weighted by atomic mass is 9.92. The summed E-state index contributed by atoms with van der Waals surface area (Å²) in [5.41, 5.74) is -0.182. The summed E-state index contributed by atoms with van der Waals surface area (Å²) in [6, 6.07) is 3.43. The van der Waals surface area contributed by atoms with Gasteiger partial charge >= 0.3 is 5.97 Å². The molecule has 0 bridgehead atoms. The van der Waals surface area contributed by atoms with E-state index in [2.05, 4.69) is 0 Å². The Bertz CT molecular complexity index is 675. The lowest BCUT2D eigenvalue weighted by Crippen LogP contribution is -2.52. The number of carbonyl (C=O) groups excluding carboxylic acids is 1. The minimum absolute atomic E-state index is 0.0749. The van der Waals surface area contributed by atoms with E-state index in [0.717, 1.165) is 0 Å². The Hall–Kier alpha value is -2.50. The van der Waals surface area contributed by atoms with Crippen molar-refractivity contribution < 1.29 is 23.8 Å². The number of hydrogen-bond donors (Lipinski definition) is 1. The molecule has 2 aliphatic rings. The second-order valence-electron chi connectivity index (χ2n) is 5.99. The zero-order valence-electron chi connectivity index (χ0n) is 11.9. The summed E-state index contributed by atoms with van der Waals surface area (Å²) >= 11 is 0. The number of nitrogens with zero attached hydrogens (tertiary/aromatic N) is 1. The molecule has 0 saturated carbocycles. The number of furan rings is 1. The molecular formula is C15H15NO5. The third-order valence-electron chi connectivity index (χ3n) is 3.38. The zero-order valence-corrected chi connectivity index (χ0v) is 11.9. The normalized spacial score (nSPS) is 23.2. The van der Waals surface area contributed by atoms with Gasteiger partial charge in [0.05, 0.1) is 11.8 Å². The van der Waals surface area contributed by atoms with Crippen molar-refractivity contribution in [1.29, 1.82) is 0 Å². The summed E-state index contributed by atoms with van der Waals surface area (Å²) in [7, 11) is 0. The van der Waals surface area contributed by atoms with Gasteiger partial charge in [0.1, 0.15) is 11.5 Å². The molecule has 1 atom stereocenters. The lowest BCUT2D eigenvalue weighted by molar-refractivity contribution is -0.147. The fourth-order valence-corrected chi connectivity index (χ4v) is 2.43. The summed E-state index contributed by atoms with van der Waals surface area (Å²) in [6.45, 7) is 5.53. The summed E-state index contributed by atoms with van der Waals surface area (Å²) in [4.78, 5) is 24.8. The number of carboxylic acids is 1. The van der Waals surface area contributed by atoms with Gasteiger partial charge in [0, 0.05) is 5.41 Å². The third-order valence-corrected chi connectivity index (χ3v) is 3.38. The summed E-state index contributed by atoms with van der Waals surface area (Å²) < 4.78 is 10.9. The van der Waals surface area contributed by atoms with Gasteiger partial charge in [0.15, 0.2) is 5.70 Å². The van der Waals surface area contributed by atoms with Crippen molar-refractivity contribution >= 4 is 18.0 Å². The topological polar surface area (TPSA) is 80.0 Å². The average Bonchev–Trinajstić information content (AvgIpc) is 3.00. The number of amides is 1. The third kappa shape index (κ3) is 1.94. The van der Waals surface area contributed by atoms with Crippen LogP contribution in [-0.4, -0.2) is 28.1 Å². The molecule has 0 aromatic carbocycles. The fraction of sp³-hybridized carbons (Fsp3) is 0.333. The van der Waals surface area contributed by atoms with E-state index in [4.69, 9.17) is 9.15 Å². The molecule has 1 aromatic heterocycles. The van der Waals surface area contributed by atoms with Gasteiger partial charge in [-0.25, -0.2) is 4.79 Å². The van der Waals surface area contributed by atoms with Crippen molar-refractivity contribution in [2.75, 3.05) is 0 Å². The highest BCUT2D eigenvalue weighted by atomic mass is 16.5. The first-order chi connectivity index (χ1) is 9.80. The number of hydrogen-bond acceptors (Lipinski definition) is 4. The number of fused-ring (bicyclic) bond motifs is 1. The van der Waals surface area contributed by atoms with Gasteiger partial charge in [-0.2, -0.15) is 0 Å². The zero-order chi connectivity index (χ0) is 15.4. The molecule has 2 aliphatic heterocycles. The van der Waals surface area contributed by atoms with Crippen LogP contribution in [0.15, 0.2) is 39.8 Å². The highest BCUT2D eigenvalue weighted by Crippen LogP contribution is 2.46. The average molecular weight is 289 g/mol. The van der Waals surface area contributed by atoms with Gasteiger partial charge in [-0.15, -0.1) is 0 Å². The van der Waals surface area contributed by atoms with Crippen LogP contribution in [-0.2, 0) is 14.3 Å². The quantitative estimate of drug-likeness (QED) is 0.667. The van der Waals surface area contributed by atoms with E-state index < -0.39 is 17.6 Å². The maximum Gasteiger partial charge on any atom is 0.356 e. The predicted molar refractivity (Wildman–Crippen MR) is 72.5 cm³/mol. The van der Waals surface area contributed by atoms with Gasteiger partial charge in [-0.3, -0.25) is 9.69 Å². The second-order valence-corrected chi connectivity index (χ2v) is 5.99. The molecule has 6 heteroatoms. The number of β-lactam (4-membered cyclic amide) rings is 1. The van der Waals surface area contributed by atoms with Crippen molar-refractivity contribution in [3.8, 4) is 0 Å². The van der Waals surface area contributed by atoms with Crippen LogP contribution in [0.1, 0.15) is 26.5 Å². The first kappa shape index (κ1) is 13.5. The van der Waals surface area contributed by atoms with Gasteiger partial charge in [-0.1, -0.05) is 20.8 Å². The van der Waals surface area contributed by atoms with Crippen LogP contribution in [0, 0.1) is 5.41 Å². The molecule has 1 amide bonds. The number of rotatable bonds is 2. The Morgan fingerprint density at radius 3 is 2.67 bits per heavy atom. The molecule has 1 N–H and O–H groups in total. The Morgan fingerprint density at radius 2 is 2.14 bits per heavy atom. The number of ether oxygens (including phenoxy) is 1. The highest BCUT2D eigenvalue weighted by molar-refractivity contribution is 6.10. The van der Waals surface area contributed by atoms with Crippen molar-refractivity contribution in [2.45, 2.75) is 27.0 Å². The molecule has 3 rings (SSSR count). The van der Waals surface area contributed by atoms with Gasteiger partial charge in [-0.05, 0) is 18.2 Å². The van der Waals surface area contributed by atoms with Gasteiger partial charge < -0.3 is 14.3 Å². The first-order valence-corrected chi connectivity index (χ1v) is 6.54. The lowest BCUT2D eigenvalue weighted by Gasteiger charge is -2.35. The number of allylic oxidation sites excluding steroid dienone is 1. The molecule has 110 valence electrons. The van der Waals surface area contributed by atoms with Crippen molar-refractivity contribution in [1.82, 2.24) is 4.90 Å². The van der Waals surface area contributed by atoms with Crippen LogP contribution < -0.4 is 0 Å². The summed E-state index contributed by atoms with van der Waals surface area (Å²) in [5.74, 6) is -0.681. The monoisotopic (exact) mass is 289 g/mol. The second kappa shape index (κ2) is 4.25. The molecule has 1 fully saturated rings. The Morgan fingerprint density at radius 1 is 1.43 bits per heavy atom. The molecule has 1 unspecified atom stereocenters. The summed E-state index contributed by atoms with van der Waals surface area (Å²) in [6.07, 6.45) is 2.40. The van der Waals surface area contributed by atoms with Crippen LogP contribution >= 0.6 is 0 Å². The summed E-state index contributed by atoms with van der Waals surface area (Å²) in [5, 5.41) is 9.36. The fourth-order valence-electron chi connectivity index (χ4n) is 2.43. The van der Waals surface area contributed by atoms with E-state index in [1.165, 1.54) is 11.2 Å². The van der Waals surface area contributed by atoms with Crippen molar-refractivity contribution in [3.63, 3.8) is 0 Å². The first-order valence-electron chi connectivity index (χ1n) is 6.54. The number of carbonyl (C=O) groups is 2. The van der Waals surface area contributed by atoms with Crippen LogP contribution in [0.3, 0.4) is 0 Å². The minimum atomic E-state index is -1.16. The van der Waals surface area contributed by atoms with E-state index in [1.54, 1.807) is 18.2 Å². The van der Waals surface area contributed by atoms with Crippen molar-refractivity contribution in [3.05, 3.63) is 41.2 Å². The van der Waals surface area contributed by atoms with Crippen LogP contribution in [0.2, 0.25) is 0 Å². The number of aliphatic carboxylic acids is 1. The van der Waals surface area contributed by atoms with Gasteiger partial charge in [0.2, 0.25) is 6.23 Å². The SMILES string of the molecule is CC(C)(C)C1=C(C(=O)O)N2C(=O)/C(=C\c3ccco3)C2O1. The van der Waals surface area contributed by atoms with E-state index >= 15 is 0 Å². The Labute approximate surface area is 121 Å². The highest BCUT2D eigenvalue weighted by Gasteiger charge is 2.55. The largest absolute Gasteiger partial charge is 0.476 e. The molecule has 0 spiro atoms. The molecule has 3 heterocycles. The smallest absolute Gasteiger partial charge is 0.356 e. The van der Waals surface area contributed by atoms with Crippen LogP contribution in [0.25, 0.3) is 6.08 Å². The predicted octanol–water partition coefficient (Wildman–Crippen LogP) is 2.20.